The minimum Gasteiger partial charge on any atom is -0.329 e. The summed E-state index contributed by atoms with van der Waals surface area (Å²) >= 11 is 0. The zero-order chi connectivity index (χ0) is 7.98. The molecule has 10 heavy (non-hydrogen) atoms. The van der Waals surface area contributed by atoms with Crippen LogP contribution in [-0.2, 0) is 0 Å². The fourth-order valence-electron chi connectivity index (χ4n) is 0.580. The molecular weight excluding hydrogens is 128 g/mol. The predicted octanol–water partition coefficient (Wildman–Crippen LogP) is -1.79. The van der Waals surface area contributed by atoms with Crippen molar-refractivity contribution in [2.45, 2.75) is 19.0 Å². The van der Waals surface area contributed by atoms with Crippen LogP contribution in [0.3, 0.4) is 0 Å². The highest BCUT2D eigenvalue weighted by Crippen LogP contribution is 1.72. The van der Waals surface area contributed by atoms with Gasteiger partial charge in [-0.05, 0) is 6.92 Å². The summed E-state index contributed by atoms with van der Waals surface area (Å²) in [6.45, 7) is 4.01. The third kappa shape index (κ3) is 5.97. The summed E-state index contributed by atoms with van der Waals surface area (Å²) < 4.78 is 0. The molecule has 0 heterocycles. The van der Waals surface area contributed by atoms with Crippen molar-refractivity contribution < 1.29 is 0 Å². The molecule has 0 aliphatic rings. The Morgan fingerprint density at radius 2 is 1.90 bits per heavy atom. The van der Waals surface area contributed by atoms with Gasteiger partial charge >= 0.3 is 0 Å². The lowest BCUT2D eigenvalue weighted by Crippen LogP contribution is -2.42. The fraction of sp³-hybridized carbons (Fsp3) is 1.00. The minimum atomic E-state index is 0.0544. The third-order valence-corrected chi connectivity index (χ3v) is 1.18. The monoisotopic (exact) mass is 146 g/mol. The normalized spacial score (nSPS) is 16.8. The Morgan fingerprint density at radius 1 is 1.30 bits per heavy atom. The van der Waals surface area contributed by atoms with Gasteiger partial charge in [0.15, 0.2) is 0 Å². The molecule has 0 radical (unpaired) electrons. The second kappa shape index (κ2) is 5.61. The van der Waals surface area contributed by atoms with Crippen molar-refractivity contribution in [2.75, 3.05) is 19.6 Å². The van der Waals surface area contributed by atoms with E-state index in [1.54, 1.807) is 0 Å². The summed E-state index contributed by atoms with van der Waals surface area (Å²) in [4.78, 5) is 0. The molecular formula is C6H18N4. The van der Waals surface area contributed by atoms with Gasteiger partial charge in [0, 0.05) is 31.7 Å². The van der Waals surface area contributed by atoms with Crippen molar-refractivity contribution in [3.63, 3.8) is 0 Å². The van der Waals surface area contributed by atoms with Crippen molar-refractivity contribution >= 4 is 0 Å². The Kier molecular flexibility index (Phi) is 5.52. The predicted molar refractivity (Wildman–Crippen MR) is 43.5 cm³/mol. The topological polar surface area (TPSA) is 90.1 Å². The van der Waals surface area contributed by atoms with Crippen LogP contribution in [0.15, 0.2) is 0 Å². The molecule has 0 rings (SSSR count). The summed E-state index contributed by atoms with van der Waals surface area (Å²) in [5.41, 5.74) is 16.3. The first-order valence-corrected chi connectivity index (χ1v) is 3.58. The Hall–Kier alpha value is -0.160. The first-order chi connectivity index (χ1) is 4.66. The highest BCUT2D eigenvalue weighted by atomic mass is 14.9. The van der Waals surface area contributed by atoms with Crippen LogP contribution in [0.25, 0.3) is 0 Å². The van der Waals surface area contributed by atoms with Crippen LogP contribution in [0.5, 0.6) is 0 Å². The van der Waals surface area contributed by atoms with Crippen LogP contribution >= 0.6 is 0 Å². The van der Waals surface area contributed by atoms with Gasteiger partial charge in [-0.15, -0.1) is 0 Å². The van der Waals surface area contributed by atoms with Crippen LogP contribution in [0.4, 0.5) is 0 Å². The second-order valence-electron chi connectivity index (χ2n) is 2.63. The van der Waals surface area contributed by atoms with Crippen molar-refractivity contribution in [3.05, 3.63) is 0 Å². The minimum absolute atomic E-state index is 0.0544. The molecule has 0 fully saturated rings. The summed E-state index contributed by atoms with van der Waals surface area (Å²) in [5.74, 6) is 0. The molecule has 0 aromatic heterocycles. The molecule has 0 spiro atoms. The van der Waals surface area contributed by atoms with E-state index in [9.17, 15) is 0 Å². The van der Waals surface area contributed by atoms with E-state index < -0.39 is 0 Å². The second-order valence-corrected chi connectivity index (χ2v) is 2.63. The molecule has 0 aromatic rings. The SMILES string of the molecule is CC(N)CNCC(N)CN. The Bertz CT molecular complexity index is 74.1. The Balaban J connectivity index is 3.03. The van der Waals surface area contributed by atoms with Crippen LogP contribution in [0, 0.1) is 0 Å². The average Bonchev–Trinajstić information content (AvgIpc) is 1.87. The van der Waals surface area contributed by atoms with Crippen LogP contribution in [-0.4, -0.2) is 31.7 Å². The number of rotatable bonds is 5. The van der Waals surface area contributed by atoms with Crippen LogP contribution in [0.2, 0.25) is 0 Å². The summed E-state index contributed by atoms with van der Waals surface area (Å²) in [5, 5.41) is 3.11. The van der Waals surface area contributed by atoms with Gasteiger partial charge in [-0.25, -0.2) is 0 Å². The first kappa shape index (κ1) is 9.84. The molecule has 4 nitrogen and oxygen atoms in total. The van der Waals surface area contributed by atoms with Gasteiger partial charge < -0.3 is 22.5 Å². The van der Waals surface area contributed by atoms with Crippen molar-refractivity contribution in [1.29, 1.82) is 0 Å². The largest absolute Gasteiger partial charge is 0.329 e. The molecule has 2 unspecified atom stereocenters. The molecule has 0 amide bonds. The van der Waals surface area contributed by atoms with E-state index >= 15 is 0 Å². The average molecular weight is 146 g/mol. The Morgan fingerprint density at radius 3 is 2.30 bits per heavy atom. The fourth-order valence-corrected chi connectivity index (χ4v) is 0.580. The number of hydrogen-bond donors (Lipinski definition) is 4. The number of nitrogens with one attached hydrogen (secondary N) is 1. The quantitative estimate of drug-likeness (QED) is 0.369. The lowest BCUT2D eigenvalue weighted by atomic mass is 10.3. The van der Waals surface area contributed by atoms with Gasteiger partial charge in [-0.1, -0.05) is 0 Å². The molecule has 0 aliphatic heterocycles. The van der Waals surface area contributed by atoms with E-state index in [0.717, 1.165) is 13.1 Å². The maximum absolute atomic E-state index is 5.53. The molecule has 62 valence electrons. The number of hydrogen-bond acceptors (Lipinski definition) is 4. The smallest absolute Gasteiger partial charge is 0.0290 e. The van der Waals surface area contributed by atoms with Crippen LogP contribution < -0.4 is 22.5 Å². The van der Waals surface area contributed by atoms with E-state index in [1.165, 1.54) is 0 Å². The first-order valence-electron chi connectivity index (χ1n) is 3.58. The highest BCUT2D eigenvalue weighted by Gasteiger charge is 1.98. The molecule has 0 saturated carbocycles. The van der Waals surface area contributed by atoms with Gasteiger partial charge in [0.05, 0.1) is 0 Å². The zero-order valence-electron chi connectivity index (χ0n) is 6.51. The van der Waals surface area contributed by atoms with Crippen molar-refractivity contribution in [3.8, 4) is 0 Å². The van der Waals surface area contributed by atoms with Gasteiger partial charge in [-0.3, -0.25) is 0 Å². The lowest BCUT2D eigenvalue weighted by Gasteiger charge is -2.11. The van der Waals surface area contributed by atoms with E-state index in [4.69, 9.17) is 17.2 Å². The molecule has 0 bridgehead atoms. The van der Waals surface area contributed by atoms with E-state index in [1.807, 2.05) is 6.92 Å². The number of nitrogens with two attached hydrogens (primary N) is 3. The summed E-state index contributed by atoms with van der Waals surface area (Å²) in [7, 11) is 0. The van der Waals surface area contributed by atoms with Gasteiger partial charge in [0.25, 0.3) is 0 Å². The zero-order valence-corrected chi connectivity index (χ0v) is 6.51. The van der Waals surface area contributed by atoms with Crippen molar-refractivity contribution in [2.24, 2.45) is 17.2 Å². The molecule has 0 aromatic carbocycles. The van der Waals surface area contributed by atoms with E-state index in [0.29, 0.717) is 6.54 Å². The molecule has 4 heteroatoms. The lowest BCUT2D eigenvalue weighted by molar-refractivity contribution is 0.550. The summed E-state index contributed by atoms with van der Waals surface area (Å²) in [6, 6.07) is 0.240. The maximum Gasteiger partial charge on any atom is 0.0290 e. The van der Waals surface area contributed by atoms with Gasteiger partial charge in [0.2, 0.25) is 0 Å². The molecule has 7 N–H and O–H groups in total. The van der Waals surface area contributed by atoms with E-state index in [2.05, 4.69) is 5.32 Å². The van der Waals surface area contributed by atoms with E-state index in [-0.39, 0.29) is 12.1 Å². The third-order valence-electron chi connectivity index (χ3n) is 1.18. The molecule has 0 aliphatic carbocycles. The highest BCUT2D eigenvalue weighted by molar-refractivity contribution is 4.66. The van der Waals surface area contributed by atoms with Crippen LogP contribution in [0.1, 0.15) is 6.92 Å². The summed E-state index contributed by atoms with van der Waals surface area (Å²) in [6.07, 6.45) is 0. The standard InChI is InChI=1S/C6H18N4/c1-5(8)3-10-4-6(9)2-7/h5-6,10H,2-4,7-9H2,1H3. The Labute approximate surface area is 62.1 Å². The maximum atomic E-state index is 5.53. The molecule has 0 saturated heterocycles. The van der Waals surface area contributed by atoms with Gasteiger partial charge in [-0.2, -0.15) is 0 Å². The van der Waals surface area contributed by atoms with Crippen molar-refractivity contribution in [1.82, 2.24) is 5.32 Å². The van der Waals surface area contributed by atoms with Gasteiger partial charge in [0.1, 0.15) is 0 Å². The molecule has 2 atom stereocenters.